The number of halogens is 1. The van der Waals surface area contributed by atoms with Crippen molar-refractivity contribution in [2.45, 2.75) is 70.4 Å². The molecule has 4 fully saturated rings. The van der Waals surface area contributed by atoms with Crippen molar-refractivity contribution >= 4 is 23.8 Å². The third-order valence-electron chi connectivity index (χ3n) is 10.2. The van der Waals surface area contributed by atoms with Gasteiger partial charge in [-0.25, -0.2) is 0 Å². The molecule has 1 aromatic rings. The van der Waals surface area contributed by atoms with E-state index in [1.165, 1.54) is 25.4 Å². The monoisotopic (exact) mass is 636 g/mol. The van der Waals surface area contributed by atoms with E-state index in [1.54, 1.807) is 6.08 Å². The van der Waals surface area contributed by atoms with Gasteiger partial charge in [-0.3, -0.25) is 9.98 Å². The molecule has 7 atom stereocenters. The summed E-state index contributed by atoms with van der Waals surface area (Å²) in [6.45, 7) is 5.02. The summed E-state index contributed by atoms with van der Waals surface area (Å²) in [5.41, 5.74) is 14.7. The van der Waals surface area contributed by atoms with Crippen LogP contribution >= 0.6 is 11.6 Å². The summed E-state index contributed by atoms with van der Waals surface area (Å²) in [4.78, 5) is 9.08. The summed E-state index contributed by atoms with van der Waals surface area (Å²) >= 11 is 6.18. The van der Waals surface area contributed by atoms with Crippen LogP contribution in [-0.4, -0.2) is 53.3 Å². The van der Waals surface area contributed by atoms with Crippen LogP contribution < -0.4 is 16.8 Å². The Labute approximate surface area is 272 Å². The van der Waals surface area contributed by atoms with Gasteiger partial charge in [0.25, 0.3) is 0 Å². The minimum Gasteiger partial charge on any atom is -0.510 e. The fourth-order valence-corrected chi connectivity index (χ4v) is 8.28. The zero-order chi connectivity index (χ0) is 32.4. The normalized spacial score (nSPS) is 27.8. The molecule has 0 heterocycles. The van der Waals surface area contributed by atoms with Gasteiger partial charge in [-0.05, 0) is 110 Å². The average molecular weight is 637 g/mol. The predicted octanol–water partition coefficient (Wildman–Crippen LogP) is 5.15. The molecule has 0 aromatic heterocycles. The molecule has 8 N–H and O–H groups in total. The van der Waals surface area contributed by atoms with Gasteiger partial charge in [0, 0.05) is 23.8 Å². The fourth-order valence-electron chi connectivity index (χ4n) is 8.09. The van der Waals surface area contributed by atoms with E-state index in [0.717, 1.165) is 43.2 Å². The summed E-state index contributed by atoms with van der Waals surface area (Å²) in [7, 11) is 0. The Kier molecular flexibility index (Phi) is 12.7. The zero-order valence-electron chi connectivity index (χ0n) is 26.1. The molecular formula is C35H49ClN6O3. The highest BCUT2D eigenvalue weighted by molar-refractivity contribution is 6.31. The van der Waals surface area contributed by atoms with Gasteiger partial charge in [0.15, 0.2) is 0 Å². The molecule has 0 amide bonds. The van der Waals surface area contributed by atoms with E-state index in [2.05, 4.69) is 23.0 Å². The summed E-state index contributed by atoms with van der Waals surface area (Å²) < 4.78 is 0. The molecule has 5 rings (SSSR count). The Bertz CT molecular complexity index is 1320. The predicted molar refractivity (Wildman–Crippen MR) is 180 cm³/mol. The molecule has 4 bridgehead atoms. The molecule has 0 aliphatic heterocycles. The molecular weight excluding hydrogens is 588 g/mol. The molecule has 244 valence electrons. The second-order valence-electron chi connectivity index (χ2n) is 13.4. The SMILES string of the molecule is C=C(CC[C@H](N)CO)C(C/C=C(/O)CO)CC1C2CC3C[C@@H]1CC(CN=C(N)/C(C#N)=C\NC=NCc1ccccc1Cl)(C3)C2. The molecule has 1 aromatic carbocycles. The van der Waals surface area contributed by atoms with Gasteiger partial charge in [0.1, 0.15) is 23.2 Å². The van der Waals surface area contributed by atoms with E-state index < -0.39 is 0 Å². The number of nitriles is 1. The van der Waals surface area contributed by atoms with Crippen LogP contribution in [0.1, 0.15) is 63.4 Å². The molecule has 4 saturated carbocycles. The first-order chi connectivity index (χ1) is 21.7. The van der Waals surface area contributed by atoms with Gasteiger partial charge in [-0.1, -0.05) is 42.0 Å². The molecule has 45 heavy (non-hydrogen) atoms. The second kappa shape index (κ2) is 16.4. The Morgan fingerprint density at radius 3 is 2.62 bits per heavy atom. The Balaban J connectivity index is 1.37. The summed E-state index contributed by atoms with van der Waals surface area (Å²) in [5, 5.41) is 42.0. The van der Waals surface area contributed by atoms with Crippen molar-refractivity contribution in [3.63, 3.8) is 0 Å². The molecule has 0 radical (unpaired) electrons. The number of rotatable bonds is 17. The number of hydrogen-bond acceptors (Lipinski definition) is 7. The number of nitrogens with zero attached hydrogens (tertiary/aromatic N) is 3. The van der Waals surface area contributed by atoms with Gasteiger partial charge in [0.05, 0.1) is 26.1 Å². The van der Waals surface area contributed by atoms with Crippen LogP contribution in [0.2, 0.25) is 5.02 Å². The third-order valence-corrected chi connectivity index (χ3v) is 10.6. The maximum absolute atomic E-state index is 9.94. The number of nitrogens with one attached hydrogen (secondary N) is 1. The molecule has 0 spiro atoms. The molecule has 4 aliphatic rings. The van der Waals surface area contributed by atoms with Crippen molar-refractivity contribution in [2.75, 3.05) is 19.8 Å². The van der Waals surface area contributed by atoms with E-state index in [-0.39, 0.29) is 47.8 Å². The summed E-state index contributed by atoms with van der Waals surface area (Å²) in [5.74, 6) is 2.87. The van der Waals surface area contributed by atoms with Crippen LogP contribution in [0.3, 0.4) is 0 Å². The Hall–Kier alpha value is -3.16. The number of allylic oxidation sites excluding steroid dienone is 2. The van der Waals surface area contributed by atoms with Crippen LogP contribution in [0.5, 0.6) is 0 Å². The highest BCUT2D eigenvalue weighted by Gasteiger charge is 2.55. The Morgan fingerprint density at radius 1 is 1.22 bits per heavy atom. The van der Waals surface area contributed by atoms with E-state index in [1.807, 2.05) is 24.3 Å². The minimum absolute atomic E-state index is 0.00952. The number of nitrogens with two attached hydrogens (primary N) is 2. The number of aliphatic hydroxyl groups excluding tert-OH is 3. The lowest BCUT2D eigenvalue weighted by Gasteiger charge is -2.60. The fraction of sp³-hybridized carbons (Fsp3) is 0.571. The summed E-state index contributed by atoms with van der Waals surface area (Å²) in [6, 6.07) is 9.42. The third kappa shape index (κ3) is 9.43. The smallest absolute Gasteiger partial charge is 0.137 e. The molecule has 0 saturated heterocycles. The second-order valence-corrected chi connectivity index (χ2v) is 13.8. The quantitative estimate of drug-likeness (QED) is 0.0451. The number of aliphatic hydroxyl groups is 3. The van der Waals surface area contributed by atoms with Crippen LogP contribution in [0.25, 0.3) is 0 Å². The average Bonchev–Trinajstić information content (AvgIpc) is 3.03. The first-order valence-corrected chi connectivity index (χ1v) is 16.5. The molecule has 10 heteroatoms. The van der Waals surface area contributed by atoms with Gasteiger partial charge in [-0.2, -0.15) is 5.26 Å². The van der Waals surface area contributed by atoms with Crippen LogP contribution in [0, 0.1) is 46.3 Å². The van der Waals surface area contributed by atoms with Gasteiger partial charge >= 0.3 is 0 Å². The first kappa shape index (κ1) is 34.7. The van der Waals surface area contributed by atoms with Crippen molar-refractivity contribution in [2.24, 2.45) is 56.5 Å². The standard InChI is InChI=1S/C35H49ClN6O3/c1-23(6-8-30(38)19-43)25(7-9-31(45)20-44)12-32-27-10-24-11-28(32)15-35(13-24,14-27)21-42-34(39)29(16-37)18-41-22-40-17-26-4-2-3-5-33(26)36/h2-5,9,18,22,24-25,27-28,30,32,43-45H,1,6-8,10-15,17,19-21,38H2,(H2,39,42)(H,40,41)/b29-18-,31-9+/t24?,25?,27-,28?,30+,32?,35?/m1/s1. The van der Waals surface area contributed by atoms with Gasteiger partial charge in [-0.15, -0.1) is 0 Å². The van der Waals surface area contributed by atoms with E-state index in [4.69, 9.17) is 28.1 Å². The van der Waals surface area contributed by atoms with Crippen LogP contribution in [-0.2, 0) is 6.54 Å². The number of aliphatic imine (C=N–C) groups is 2. The van der Waals surface area contributed by atoms with Crippen molar-refractivity contribution in [1.29, 1.82) is 5.26 Å². The maximum atomic E-state index is 9.94. The van der Waals surface area contributed by atoms with Gasteiger partial charge in [0.2, 0.25) is 0 Å². The Morgan fingerprint density at radius 2 is 1.96 bits per heavy atom. The van der Waals surface area contributed by atoms with E-state index in [0.29, 0.717) is 54.6 Å². The van der Waals surface area contributed by atoms with E-state index >= 15 is 0 Å². The lowest BCUT2D eigenvalue weighted by molar-refractivity contribution is -0.0954. The molecule has 4 aliphatic carbocycles. The van der Waals surface area contributed by atoms with Crippen molar-refractivity contribution < 1.29 is 15.3 Å². The van der Waals surface area contributed by atoms with Gasteiger partial charge < -0.3 is 32.1 Å². The van der Waals surface area contributed by atoms with Crippen molar-refractivity contribution in [1.82, 2.24) is 5.32 Å². The topological polar surface area (TPSA) is 173 Å². The first-order valence-electron chi connectivity index (χ1n) is 16.1. The molecule has 9 nitrogen and oxygen atoms in total. The highest BCUT2D eigenvalue weighted by atomic mass is 35.5. The number of hydrogen-bond donors (Lipinski definition) is 6. The lowest BCUT2D eigenvalue weighted by Crippen LogP contribution is -2.52. The molecule has 5 unspecified atom stereocenters. The van der Waals surface area contributed by atoms with Crippen LogP contribution in [0.15, 0.2) is 70.0 Å². The zero-order valence-corrected chi connectivity index (χ0v) is 26.9. The maximum Gasteiger partial charge on any atom is 0.137 e. The largest absolute Gasteiger partial charge is 0.510 e. The van der Waals surface area contributed by atoms with Crippen LogP contribution in [0.4, 0.5) is 0 Å². The lowest BCUT2D eigenvalue weighted by atomic mass is 9.45. The minimum atomic E-state index is -0.368. The summed E-state index contributed by atoms with van der Waals surface area (Å²) in [6.07, 6.45) is 13.6. The van der Waals surface area contributed by atoms with E-state index in [9.17, 15) is 20.6 Å². The number of amidine groups is 1. The highest BCUT2D eigenvalue weighted by Crippen LogP contribution is 2.63. The van der Waals surface area contributed by atoms with Crippen molar-refractivity contribution in [3.05, 3.63) is 70.6 Å². The number of benzene rings is 1. The van der Waals surface area contributed by atoms with Crippen molar-refractivity contribution in [3.8, 4) is 6.07 Å².